The number of hydrogen-bond acceptors (Lipinski definition) is 2. The molecule has 108 valence electrons. The van der Waals surface area contributed by atoms with Gasteiger partial charge < -0.3 is 10.6 Å². The highest BCUT2D eigenvalue weighted by atomic mass is 19.1. The summed E-state index contributed by atoms with van der Waals surface area (Å²) in [7, 11) is 0. The van der Waals surface area contributed by atoms with Crippen molar-refractivity contribution in [3.05, 3.63) is 65.5 Å². The first-order valence-corrected chi connectivity index (χ1v) is 7.04. The Morgan fingerprint density at radius 3 is 2.67 bits per heavy atom. The molecule has 0 bridgehead atoms. The summed E-state index contributed by atoms with van der Waals surface area (Å²) >= 11 is 0. The Bertz CT molecular complexity index is 629. The van der Waals surface area contributed by atoms with E-state index in [-0.39, 0.29) is 23.8 Å². The number of amides is 1. The summed E-state index contributed by atoms with van der Waals surface area (Å²) in [4.78, 5) is 12.3. The number of rotatable bonds is 3. The number of anilines is 1. The number of fused-ring (bicyclic) bond motifs is 1. The average molecular weight is 284 g/mol. The first-order chi connectivity index (χ1) is 10.1. The van der Waals surface area contributed by atoms with Crippen LogP contribution in [0, 0.1) is 5.82 Å². The predicted molar refractivity (Wildman–Crippen MR) is 80.5 cm³/mol. The van der Waals surface area contributed by atoms with E-state index in [2.05, 4.69) is 10.6 Å². The molecule has 0 saturated heterocycles. The minimum Gasteiger partial charge on any atom is -0.373 e. The molecule has 0 aliphatic carbocycles. The molecular formula is C17H17FN2O. The summed E-state index contributed by atoms with van der Waals surface area (Å²) in [5.41, 5.74) is 3.07. The normalized spacial score (nSPS) is 17.7. The van der Waals surface area contributed by atoms with Crippen molar-refractivity contribution < 1.29 is 9.18 Å². The Morgan fingerprint density at radius 2 is 1.95 bits per heavy atom. The maximum Gasteiger partial charge on any atom is 0.243 e. The van der Waals surface area contributed by atoms with Crippen molar-refractivity contribution in [2.45, 2.75) is 25.4 Å². The van der Waals surface area contributed by atoms with Crippen LogP contribution in [0.15, 0.2) is 48.5 Å². The summed E-state index contributed by atoms with van der Waals surface area (Å²) < 4.78 is 12.9. The fourth-order valence-corrected chi connectivity index (χ4v) is 2.60. The van der Waals surface area contributed by atoms with Gasteiger partial charge in [-0.05, 0) is 36.2 Å². The van der Waals surface area contributed by atoms with Gasteiger partial charge in [0, 0.05) is 12.1 Å². The lowest BCUT2D eigenvalue weighted by atomic mass is 10.1. The maximum absolute atomic E-state index is 12.9. The van der Waals surface area contributed by atoms with Gasteiger partial charge in [0.15, 0.2) is 0 Å². The number of halogens is 1. The smallest absolute Gasteiger partial charge is 0.243 e. The number of carbonyl (C=O) groups is 1. The number of carbonyl (C=O) groups excluding carboxylic acids is 1. The van der Waals surface area contributed by atoms with E-state index in [0.29, 0.717) is 6.42 Å². The van der Waals surface area contributed by atoms with Gasteiger partial charge in [-0.15, -0.1) is 0 Å². The van der Waals surface area contributed by atoms with Crippen molar-refractivity contribution in [3.63, 3.8) is 0 Å². The molecule has 0 aromatic heterocycles. The van der Waals surface area contributed by atoms with Crippen LogP contribution in [0.2, 0.25) is 0 Å². The largest absolute Gasteiger partial charge is 0.373 e. The number of para-hydroxylation sites is 1. The lowest BCUT2D eigenvalue weighted by molar-refractivity contribution is -0.122. The van der Waals surface area contributed by atoms with E-state index in [1.807, 2.05) is 31.2 Å². The molecule has 2 N–H and O–H groups in total. The summed E-state index contributed by atoms with van der Waals surface area (Å²) in [5.74, 6) is -0.312. The molecule has 0 fully saturated rings. The van der Waals surface area contributed by atoms with E-state index in [1.165, 1.54) is 12.1 Å². The highest BCUT2D eigenvalue weighted by Crippen LogP contribution is 2.25. The van der Waals surface area contributed by atoms with Crippen LogP contribution in [-0.4, -0.2) is 11.9 Å². The second kappa shape index (κ2) is 5.56. The Labute approximate surface area is 123 Å². The fraction of sp³-hybridized carbons (Fsp3) is 0.235. The maximum atomic E-state index is 12.9. The van der Waals surface area contributed by atoms with Crippen LogP contribution in [0.5, 0.6) is 0 Å². The molecule has 1 aliphatic rings. The zero-order chi connectivity index (χ0) is 14.8. The molecular weight excluding hydrogens is 267 g/mol. The third-order valence-corrected chi connectivity index (χ3v) is 3.82. The summed E-state index contributed by atoms with van der Waals surface area (Å²) in [6.07, 6.45) is 0.693. The van der Waals surface area contributed by atoms with Gasteiger partial charge in [-0.1, -0.05) is 30.3 Å². The molecule has 4 heteroatoms. The van der Waals surface area contributed by atoms with E-state index < -0.39 is 0 Å². The van der Waals surface area contributed by atoms with Crippen LogP contribution in [0.4, 0.5) is 10.1 Å². The van der Waals surface area contributed by atoms with E-state index in [9.17, 15) is 9.18 Å². The van der Waals surface area contributed by atoms with E-state index in [0.717, 1.165) is 16.8 Å². The molecule has 1 amide bonds. The standard InChI is InChI=1S/C17H17FN2O/c1-11(12-6-8-14(18)9-7-12)19-17(21)16-10-13-4-2-3-5-15(13)20-16/h2-9,11,16,20H,10H2,1H3,(H,19,21)/t11-,16+/m1/s1. The Kier molecular flexibility index (Phi) is 3.60. The van der Waals surface area contributed by atoms with Crippen LogP contribution < -0.4 is 10.6 Å². The molecule has 2 atom stereocenters. The van der Waals surface area contributed by atoms with Crippen molar-refractivity contribution in [1.82, 2.24) is 5.32 Å². The van der Waals surface area contributed by atoms with Gasteiger partial charge >= 0.3 is 0 Å². The predicted octanol–water partition coefficient (Wildman–Crippen LogP) is 3.04. The average Bonchev–Trinajstić information content (AvgIpc) is 2.92. The van der Waals surface area contributed by atoms with Crippen LogP contribution >= 0.6 is 0 Å². The third kappa shape index (κ3) is 2.89. The van der Waals surface area contributed by atoms with Crippen molar-refractivity contribution >= 4 is 11.6 Å². The molecule has 0 saturated carbocycles. The molecule has 2 aromatic carbocycles. The number of benzene rings is 2. The fourth-order valence-electron chi connectivity index (χ4n) is 2.60. The van der Waals surface area contributed by atoms with E-state index >= 15 is 0 Å². The third-order valence-electron chi connectivity index (χ3n) is 3.82. The molecule has 3 rings (SSSR count). The minimum atomic E-state index is -0.273. The highest BCUT2D eigenvalue weighted by molar-refractivity contribution is 5.87. The van der Waals surface area contributed by atoms with Gasteiger partial charge in [0.1, 0.15) is 11.9 Å². The first kappa shape index (κ1) is 13.6. The van der Waals surface area contributed by atoms with Crippen LogP contribution in [-0.2, 0) is 11.2 Å². The van der Waals surface area contributed by atoms with Crippen molar-refractivity contribution in [1.29, 1.82) is 0 Å². The van der Waals surface area contributed by atoms with Crippen molar-refractivity contribution in [3.8, 4) is 0 Å². The Morgan fingerprint density at radius 1 is 1.24 bits per heavy atom. The molecule has 0 radical (unpaired) electrons. The SMILES string of the molecule is C[C@@H](NC(=O)[C@@H]1Cc2ccccc2N1)c1ccc(F)cc1. The minimum absolute atomic E-state index is 0.0389. The lowest BCUT2D eigenvalue weighted by Gasteiger charge is -2.18. The monoisotopic (exact) mass is 284 g/mol. The Hall–Kier alpha value is -2.36. The number of hydrogen-bond donors (Lipinski definition) is 2. The van der Waals surface area contributed by atoms with Gasteiger partial charge in [-0.3, -0.25) is 4.79 Å². The zero-order valence-electron chi connectivity index (χ0n) is 11.8. The van der Waals surface area contributed by atoms with Crippen LogP contribution in [0.1, 0.15) is 24.1 Å². The lowest BCUT2D eigenvalue weighted by Crippen LogP contribution is -2.39. The molecule has 1 aliphatic heterocycles. The molecule has 0 unspecified atom stereocenters. The first-order valence-electron chi connectivity index (χ1n) is 7.04. The van der Waals surface area contributed by atoms with Gasteiger partial charge in [0.05, 0.1) is 6.04 Å². The van der Waals surface area contributed by atoms with Crippen LogP contribution in [0.3, 0.4) is 0 Å². The molecule has 3 nitrogen and oxygen atoms in total. The topological polar surface area (TPSA) is 41.1 Å². The van der Waals surface area contributed by atoms with Crippen molar-refractivity contribution in [2.24, 2.45) is 0 Å². The van der Waals surface area contributed by atoms with Gasteiger partial charge in [-0.25, -0.2) is 4.39 Å². The molecule has 2 aromatic rings. The van der Waals surface area contributed by atoms with Crippen molar-refractivity contribution in [2.75, 3.05) is 5.32 Å². The van der Waals surface area contributed by atoms with Gasteiger partial charge in [0.25, 0.3) is 0 Å². The second-order valence-corrected chi connectivity index (χ2v) is 5.34. The summed E-state index contributed by atoms with van der Waals surface area (Å²) in [6.45, 7) is 1.90. The van der Waals surface area contributed by atoms with E-state index in [1.54, 1.807) is 12.1 Å². The summed E-state index contributed by atoms with van der Waals surface area (Å²) in [6, 6.07) is 13.7. The quantitative estimate of drug-likeness (QED) is 0.909. The molecule has 21 heavy (non-hydrogen) atoms. The van der Waals surface area contributed by atoms with Crippen LogP contribution in [0.25, 0.3) is 0 Å². The van der Waals surface area contributed by atoms with Gasteiger partial charge in [-0.2, -0.15) is 0 Å². The summed E-state index contributed by atoms with van der Waals surface area (Å²) in [5, 5.41) is 6.20. The Balaban J connectivity index is 1.64. The zero-order valence-corrected chi connectivity index (χ0v) is 11.8. The molecule has 0 spiro atoms. The second-order valence-electron chi connectivity index (χ2n) is 5.34. The molecule has 1 heterocycles. The van der Waals surface area contributed by atoms with E-state index in [4.69, 9.17) is 0 Å². The number of nitrogens with one attached hydrogen (secondary N) is 2. The highest BCUT2D eigenvalue weighted by Gasteiger charge is 2.27. The van der Waals surface area contributed by atoms with Gasteiger partial charge in [0.2, 0.25) is 5.91 Å².